The second-order valence-corrected chi connectivity index (χ2v) is 7.69. The number of ether oxygens (including phenoxy) is 1. The van der Waals surface area contributed by atoms with Gasteiger partial charge in [-0.25, -0.2) is 4.79 Å². The van der Waals surface area contributed by atoms with Crippen molar-refractivity contribution in [3.05, 3.63) is 58.4 Å². The molecule has 1 saturated heterocycles. The van der Waals surface area contributed by atoms with Crippen molar-refractivity contribution >= 4 is 12.0 Å². The average Bonchev–Trinajstić information content (AvgIpc) is 3.10. The number of nitrogens with zero attached hydrogens (tertiary/aromatic N) is 3. The van der Waals surface area contributed by atoms with Crippen molar-refractivity contribution in [2.75, 3.05) is 26.2 Å². The van der Waals surface area contributed by atoms with Crippen LogP contribution < -0.4 is 5.56 Å². The van der Waals surface area contributed by atoms with E-state index in [0.717, 1.165) is 0 Å². The van der Waals surface area contributed by atoms with Crippen LogP contribution in [0.25, 0.3) is 0 Å². The van der Waals surface area contributed by atoms with E-state index in [1.807, 2.05) is 20.8 Å². The normalized spacial score (nSPS) is 14.8. The molecule has 0 radical (unpaired) electrons. The van der Waals surface area contributed by atoms with E-state index in [2.05, 4.69) is 0 Å². The quantitative estimate of drug-likeness (QED) is 0.806. The fourth-order valence-corrected chi connectivity index (χ4v) is 2.91. The Hall–Kier alpha value is -3.03. The van der Waals surface area contributed by atoms with Gasteiger partial charge in [0.15, 0.2) is 5.76 Å². The number of carbonyl (C=O) groups is 2. The molecular formula is C20H25N3O5. The number of hydrogen-bond donors (Lipinski definition) is 0. The molecule has 8 heteroatoms. The maximum Gasteiger partial charge on any atom is 0.410 e. The van der Waals surface area contributed by atoms with Gasteiger partial charge in [-0.15, -0.1) is 0 Å². The second-order valence-electron chi connectivity index (χ2n) is 7.69. The Morgan fingerprint density at radius 3 is 2.36 bits per heavy atom. The van der Waals surface area contributed by atoms with Crippen LogP contribution in [0.5, 0.6) is 0 Å². The first-order valence-corrected chi connectivity index (χ1v) is 9.24. The maximum atomic E-state index is 12.7. The SMILES string of the molecule is CC(C)(C)OC(=O)N1CCN(C(=O)c2ccc(Cn3ccccc3=O)o2)CC1. The van der Waals surface area contributed by atoms with Gasteiger partial charge in [0.05, 0.1) is 6.54 Å². The van der Waals surface area contributed by atoms with Gasteiger partial charge in [-0.3, -0.25) is 9.59 Å². The van der Waals surface area contributed by atoms with Gasteiger partial charge in [-0.05, 0) is 39.0 Å². The van der Waals surface area contributed by atoms with Gasteiger partial charge >= 0.3 is 6.09 Å². The molecule has 1 aliphatic rings. The number of hydrogen-bond acceptors (Lipinski definition) is 5. The molecule has 0 spiro atoms. The van der Waals surface area contributed by atoms with E-state index in [4.69, 9.17) is 9.15 Å². The minimum atomic E-state index is -0.546. The zero-order valence-electron chi connectivity index (χ0n) is 16.4. The number of piperazine rings is 1. The average molecular weight is 387 g/mol. The van der Waals surface area contributed by atoms with Crippen LogP contribution in [0, 0.1) is 0 Å². The molecule has 8 nitrogen and oxygen atoms in total. The second kappa shape index (κ2) is 7.92. The topological polar surface area (TPSA) is 85.0 Å². The minimum absolute atomic E-state index is 0.134. The lowest BCUT2D eigenvalue weighted by Gasteiger charge is -2.35. The summed E-state index contributed by atoms with van der Waals surface area (Å²) in [6.45, 7) is 7.37. The Bertz CT molecular complexity index is 901. The van der Waals surface area contributed by atoms with Gasteiger partial charge < -0.3 is 23.5 Å². The Balaban J connectivity index is 1.57. The van der Waals surface area contributed by atoms with Crippen LogP contribution in [0.15, 0.2) is 45.7 Å². The van der Waals surface area contributed by atoms with Crippen molar-refractivity contribution in [3.63, 3.8) is 0 Å². The Morgan fingerprint density at radius 1 is 1.04 bits per heavy atom. The van der Waals surface area contributed by atoms with Crippen LogP contribution in [0.4, 0.5) is 4.79 Å². The van der Waals surface area contributed by atoms with Gasteiger partial charge in [-0.1, -0.05) is 6.07 Å². The molecule has 28 heavy (non-hydrogen) atoms. The van der Waals surface area contributed by atoms with Crippen LogP contribution in [0.1, 0.15) is 37.1 Å². The monoisotopic (exact) mass is 387 g/mol. The summed E-state index contributed by atoms with van der Waals surface area (Å²) in [4.78, 5) is 39.8. The summed E-state index contributed by atoms with van der Waals surface area (Å²) >= 11 is 0. The van der Waals surface area contributed by atoms with E-state index in [1.165, 1.54) is 10.6 Å². The third-order valence-electron chi connectivity index (χ3n) is 4.32. The number of aromatic nitrogens is 1. The third-order valence-corrected chi connectivity index (χ3v) is 4.32. The lowest BCUT2D eigenvalue weighted by molar-refractivity contribution is 0.0137. The zero-order chi connectivity index (χ0) is 20.3. The van der Waals surface area contributed by atoms with E-state index in [-0.39, 0.29) is 29.9 Å². The first-order valence-electron chi connectivity index (χ1n) is 9.24. The van der Waals surface area contributed by atoms with Crippen molar-refractivity contribution in [1.82, 2.24) is 14.4 Å². The molecule has 0 bridgehead atoms. The van der Waals surface area contributed by atoms with Crippen molar-refractivity contribution < 1.29 is 18.7 Å². The fourth-order valence-electron chi connectivity index (χ4n) is 2.91. The van der Waals surface area contributed by atoms with E-state index in [0.29, 0.717) is 31.9 Å². The Kier molecular flexibility index (Phi) is 5.58. The molecule has 2 amide bonds. The highest BCUT2D eigenvalue weighted by Crippen LogP contribution is 2.15. The molecule has 2 aromatic rings. The van der Waals surface area contributed by atoms with E-state index in [1.54, 1.807) is 40.3 Å². The number of rotatable bonds is 3. The molecule has 3 rings (SSSR count). The first kappa shape index (κ1) is 19.7. The van der Waals surface area contributed by atoms with Crippen molar-refractivity contribution in [1.29, 1.82) is 0 Å². The van der Waals surface area contributed by atoms with Crippen molar-refractivity contribution in [2.24, 2.45) is 0 Å². The van der Waals surface area contributed by atoms with Gasteiger partial charge in [-0.2, -0.15) is 0 Å². The molecule has 0 saturated carbocycles. The van der Waals surface area contributed by atoms with E-state index >= 15 is 0 Å². The lowest BCUT2D eigenvalue weighted by Crippen LogP contribution is -2.51. The smallest absolute Gasteiger partial charge is 0.410 e. The standard InChI is InChI=1S/C20H25N3O5/c1-20(2,3)28-19(26)22-12-10-21(11-13-22)18(25)16-8-7-15(27-16)14-23-9-5-4-6-17(23)24/h4-9H,10-14H2,1-3H3. The van der Waals surface area contributed by atoms with Crippen LogP contribution >= 0.6 is 0 Å². The molecule has 0 N–H and O–H groups in total. The third kappa shape index (κ3) is 4.82. The summed E-state index contributed by atoms with van der Waals surface area (Å²) in [5.41, 5.74) is -0.681. The van der Waals surface area contributed by atoms with Crippen molar-refractivity contribution in [2.45, 2.75) is 32.9 Å². The Labute approximate surface area is 163 Å². The van der Waals surface area contributed by atoms with Crippen molar-refractivity contribution in [3.8, 4) is 0 Å². The fraction of sp³-hybridized carbons (Fsp3) is 0.450. The lowest BCUT2D eigenvalue weighted by atomic mass is 10.2. The number of carbonyl (C=O) groups excluding carboxylic acids is 2. The molecule has 2 aromatic heterocycles. The maximum absolute atomic E-state index is 12.7. The summed E-state index contributed by atoms with van der Waals surface area (Å²) in [6, 6.07) is 8.22. The molecular weight excluding hydrogens is 362 g/mol. The molecule has 0 aliphatic carbocycles. The molecule has 0 aromatic carbocycles. The summed E-state index contributed by atoms with van der Waals surface area (Å²) < 4.78 is 12.5. The molecule has 1 fully saturated rings. The van der Waals surface area contributed by atoms with Gasteiger partial charge in [0, 0.05) is 38.4 Å². The number of pyridine rings is 1. The van der Waals surface area contributed by atoms with E-state index in [9.17, 15) is 14.4 Å². The molecule has 0 unspecified atom stereocenters. The highest BCUT2D eigenvalue weighted by molar-refractivity contribution is 5.91. The highest BCUT2D eigenvalue weighted by Gasteiger charge is 2.29. The molecule has 150 valence electrons. The van der Waals surface area contributed by atoms with Gasteiger partial charge in [0.1, 0.15) is 11.4 Å². The summed E-state index contributed by atoms with van der Waals surface area (Å²) in [7, 11) is 0. The predicted molar refractivity (Wildman–Crippen MR) is 102 cm³/mol. The molecule has 0 atom stereocenters. The highest BCUT2D eigenvalue weighted by atomic mass is 16.6. The first-order chi connectivity index (χ1) is 13.2. The largest absolute Gasteiger partial charge is 0.454 e. The molecule has 1 aliphatic heterocycles. The summed E-state index contributed by atoms with van der Waals surface area (Å²) in [5, 5.41) is 0. The summed E-state index contributed by atoms with van der Waals surface area (Å²) in [5.74, 6) is 0.532. The van der Waals surface area contributed by atoms with Gasteiger partial charge in [0.2, 0.25) is 0 Å². The number of furan rings is 1. The van der Waals surface area contributed by atoms with Crippen LogP contribution in [-0.4, -0.2) is 58.1 Å². The number of amides is 2. The summed E-state index contributed by atoms with van der Waals surface area (Å²) in [6.07, 6.45) is 1.30. The molecule has 3 heterocycles. The zero-order valence-corrected chi connectivity index (χ0v) is 16.4. The Morgan fingerprint density at radius 2 is 1.71 bits per heavy atom. The van der Waals surface area contributed by atoms with Crippen LogP contribution in [0.3, 0.4) is 0 Å². The van der Waals surface area contributed by atoms with Gasteiger partial charge in [0.25, 0.3) is 11.5 Å². The van der Waals surface area contributed by atoms with Crippen LogP contribution in [-0.2, 0) is 11.3 Å². The van der Waals surface area contributed by atoms with Crippen LogP contribution in [0.2, 0.25) is 0 Å². The minimum Gasteiger partial charge on any atom is -0.454 e. The predicted octanol–water partition coefficient (Wildman–Crippen LogP) is 2.18. The van der Waals surface area contributed by atoms with E-state index < -0.39 is 5.60 Å².